The van der Waals surface area contributed by atoms with Gasteiger partial charge in [-0.25, -0.2) is 0 Å². The van der Waals surface area contributed by atoms with E-state index in [2.05, 4.69) is 48.6 Å². The van der Waals surface area contributed by atoms with Crippen LogP contribution >= 0.6 is 0 Å². The molecule has 0 aliphatic heterocycles. The number of nitrogens with one attached hydrogen (secondary N) is 1. The van der Waals surface area contributed by atoms with Crippen molar-refractivity contribution in [3.63, 3.8) is 0 Å². The quantitative estimate of drug-likeness (QED) is 0.901. The van der Waals surface area contributed by atoms with Crippen LogP contribution in [0.25, 0.3) is 10.8 Å². The number of benzene rings is 2. The number of fused-ring (bicyclic) bond motifs is 1. The van der Waals surface area contributed by atoms with Gasteiger partial charge in [0.05, 0.1) is 7.11 Å². The van der Waals surface area contributed by atoms with Crippen molar-refractivity contribution in [1.29, 1.82) is 0 Å². The van der Waals surface area contributed by atoms with Crippen molar-refractivity contribution in [2.45, 2.75) is 38.8 Å². The van der Waals surface area contributed by atoms with Crippen molar-refractivity contribution in [3.05, 3.63) is 42.0 Å². The van der Waals surface area contributed by atoms with Crippen molar-refractivity contribution >= 4 is 10.8 Å². The predicted octanol–water partition coefficient (Wildman–Crippen LogP) is 4.13. The third-order valence-electron chi connectivity index (χ3n) is 4.48. The Hall–Kier alpha value is -1.54. The summed E-state index contributed by atoms with van der Waals surface area (Å²) in [4.78, 5) is 0. The molecule has 2 nitrogen and oxygen atoms in total. The predicted molar refractivity (Wildman–Crippen MR) is 84.1 cm³/mol. The molecule has 0 bridgehead atoms. The Morgan fingerprint density at radius 1 is 1.15 bits per heavy atom. The van der Waals surface area contributed by atoms with Crippen LogP contribution in [-0.4, -0.2) is 13.2 Å². The average Bonchev–Trinajstić information content (AvgIpc) is 2.90. The second kappa shape index (κ2) is 5.84. The van der Waals surface area contributed by atoms with Gasteiger partial charge in [-0.3, -0.25) is 0 Å². The molecule has 2 atom stereocenters. The highest BCUT2D eigenvalue weighted by Crippen LogP contribution is 2.29. The molecule has 20 heavy (non-hydrogen) atoms. The zero-order valence-electron chi connectivity index (χ0n) is 12.4. The molecule has 106 valence electrons. The van der Waals surface area contributed by atoms with Gasteiger partial charge in [0.25, 0.3) is 0 Å². The first-order chi connectivity index (χ1) is 9.78. The number of ether oxygens (including phenoxy) is 1. The number of hydrogen-bond acceptors (Lipinski definition) is 2. The van der Waals surface area contributed by atoms with Gasteiger partial charge in [0, 0.05) is 18.2 Å². The molecule has 2 unspecified atom stereocenters. The van der Waals surface area contributed by atoms with Crippen molar-refractivity contribution in [2.24, 2.45) is 5.92 Å². The summed E-state index contributed by atoms with van der Waals surface area (Å²) < 4.78 is 5.55. The highest BCUT2D eigenvalue weighted by atomic mass is 16.5. The van der Waals surface area contributed by atoms with Crippen LogP contribution in [0.2, 0.25) is 0 Å². The van der Waals surface area contributed by atoms with Crippen LogP contribution in [-0.2, 0) is 6.54 Å². The second-order valence-corrected chi connectivity index (χ2v) is 5.96. The topological polar surface area (TPSA) is 21.3 Å². The Morgan fingerprint density at radius 2 is 2.00 bits per heavy atom. The third kappa shape index (κ3) is 2.66. The van der Waals surface area contributed by atoms with Crippen LogP contribution in [0.4, 0.5) is 0 Å². The van der Waals surface area contributed by atoms with Gasteiger partial charge < -0.3 is 10.1 Å². The molecule has 0 spiro atoms. The summed E-state index contributed by atoms with van der Waals surface area (Å²) in [7, 11) is 1.76. The van der Waals surface area contributed by atoms with Gasteiger partial charge >= 0.3 is 0 Å². The molecule has 0 heterocycles. The Balaban J connectivity index is 1.85. The molecule has 0 amide bonds. The van der Waals surface area contributed by atoms with E-state index in [1.165, 1.54) is 35.6 Å². The molecule has 0 aromatic heterocycles. The summed E-state index contributed by atoms with van der Waals surface area (Å²) in [6.07, 6.45) is 3.95. The first kappa shape index (κ1) is 13.4. The van der Waals surface area contributed by atoms with Gasteiger partial charge in [-0.1, -0.05) is 37.3 Å². The van der Waals surface area contributed by atoms with Crippen molar-refractivity contribution in [2.75, 3.05) is 7.11 Å². The lowest BCUT2D eigenvalue weighted by molar-refractivity contribution is 0.405. The molecule has 0 saturated heterocycles. The van der Waals surface area contributed by atoms with Gasteiger partial charge in [0.15, 0.2) is 0 Å². The number of rotatable bonds is 4. The van der Waals surface area contributed by atoms with Gasteiger partial charge in [0.1, 0.15) is 5.75 Å². The summed E-state index contributed by atoms with van der Waals surface area (Å²) >= 11 is 0. The molecular formula is C18H23NO. The molecule has 0 radical (unpaired) electrons. The van der Waals surface area contributed by atoms with E-state index in [-0.39, 0.29) is 0 Å². The van der Waals surface area contributed by atoms with Gasteiger partial charge in [-0.15, -0.1) is 0 Å². The average molecular weight is 269 g/mol. The summed E-state index contributed by atoms with van der Waals surface area (Å²) in [6, 6.07) is 13.4. The van der Waals surface area contributed by atoms with Gasteiger partial charge in [0.2, 0.25) is 0 Å². The van der Waals surface area contributed by atoms with Crippen LogP contribution in [0.1, 0.15) is 31.7 Å². The Kier molecular flexibility index (Phi) is 3.93. The number of methoxy groups -OCH3 is 1. The van der Waals surface area contributed by atoms with Crippen molar-refractivity contribution in [3.8, 4) is 5.75 Å². The maximum Gasteiger partial charge on any atom is 0.123 e. The summed E-state index contributed by atoms with van der Waals surface area (Å²) in [5.74, 6) is 1.85. The van der Waals surface area contributed by atoms with Gasteiger partial charge in [-0.2, -0.15) is 0 Å². The fourth-order valence-electron chi connectivity index (χ4n) is 3.33. The molecule has 1 N–H and O–H groups in total. The fraction of sp³-hybridized carbons (Fsp3) is 0.444. The van der Waals surface area contributed by atoms with Crippen LogP contribution in [0.5, 0.6) is 5.75 Å². The van der Waals surface area contributed by atoms with E-state index < -0.39 is 0 Å². The lowest BCUT2D eigenvalue weighted by Gasteiger charge is -2.16. The zero-order valence-corrected chi connectivity index (χ0v) is 12.4. The smallest absolute Gasteiger partial charge is 0.123 e. The van der Waals surface area contributed by atoms with E-state index in [0.29, 0.717) is 6.04 Å². The van der Waals surface area contributed by atoms with Crippen LogP contribution in [0, 0.1) is 5.92 Å². The summed E-state index contributed by atoms with van der Waals surface area (Å²) in [6.45, 7) is 3.24. The molecular weight excluding hydrogens is 246 g/mol. The minimum absolute atomic E-state index is 0.661. The summed E-state index contributed by atoms with van der Waals surface area (Å²) in [5.41, 5.74) is 1.28. The lowest BCUT2D eigenvalue weighted by Crippen LogP contribution is -2.26. The molecule has 1 aliphatic carbocycles. The SMILES string of the molecule is COc1ccc2ccccc2c1CNC1CCC(C)C1. The Labute approximate surface area is 121 Å². The van der Waals surface area contributed by atoms with E-state index >= 15 is 0 Å². The highest BCUT2D eigenvalue weighted by molar-refractivity contribution is 5.87. The second-order valence-electron chi connectivity index (χ2n) is 5.96. The maximum absolute atomic E-state index is 5.55. The molecule has 2 aromatic rings. The maximum atomic E-state index is 5.55. The van der Waals surface area contributed by atoms with Crippen LogP contribution < -0.4 is 10.1 Å². The summed E-state index contributed by atoms with van der Waals surface area (Å²) in [5, 5.41) is 6.29. The van der Waals surface area contributed by atoms with E-state index in [0.717, 1.165) is 18.2 Å². The molecule has 2 aromatic carbocycles. The highest BCUT2D eigenvalue weighted by Gasteiger charge is 2.21. The van der Waals surface area contributed by atoms with E-state index in [1.807, 2.05) is 0 Å². The normalized spacial score (nSPS) is 22.3. The fourth-order valence-corrected chi connectivity index (χ4v) is 3.33. The number of hydrogen-bond donors (Lipinski definition) is 1. The van der Waals surface area contributed by atoms with Crippen molar-refractivity contribution in [1.82, 2.24) is 5.32 Å². The van der Waals surface area contributed by atoms with Crippen LogP contribution in [0.15, 0.2) is 36.4 Å². The van der Waals surface area contributed by atoms with E-state index in [1.54, 1.807) is 7.11 Å². The molecule has 1 aliphatic rings. The third-order valence-corrected chi connectivity index (χ3v) is 4.48. The Bertz CT molecular complexity index is 593. The zero-order chi connectivity index (χ0) is 13.9. The van der Waals surface area contributed by atoms with Gasteiger partial charge in [-0.05, 0) is 42.0 Å². The Morgan fingerprint density at radius 3 is 2.75 bits per heavy atom. The monoisotopic (exact) mass is 269 g/mol. The largest absolute Gasteiger partial charge is 0.496 e. The lowest BCUT2D eigenvalue weighted by atomic mass is 10.0. The van der Waals surface area contributed by atoms with Crippen molar-refractivity contribution < 1.29 is 4.74 Å². The first-order valence-electron chi connectivity index (χ1n) is 7.56. The molecule has 3 rings (SSSR count). The van der Waals surface area contributed by atoms with E-state index in [4.69, 9.17) is 4.74 Å². The minimum atomic E-state index is 0.661. The molecule has 1 saturated carbocycles. The molecule has 1 fully saturated rings. The molecule has 2 heteroatoms. The standard InChI is InChI=1S/C18H23NO/c1-13-7-9-15(11-13)19-12-17-16-6-4-3-5-14(16)8-10-18(17)20-2/h3-6,8,10,13,15,19H,7,9,11-12H2,1-2H3. The first-order valence-corrected chi connectivity index (χ1v) is 7.56. The van der Waals surface area contributed by atoms with Crippen LogP contribution in [0.3, 0.4) is 0 Å². The minimum Gasteiger partial charge on any atom is -0.496 e. The van der Waals surface area contributed by atoms with E-state index in [9.17, 15) is 0 Å².